The lowest BCUT2D eigenvalue weighted by Gasteiger charge is -2.11. The van der Waals surface area contributed by atoms with Crippen LogP contribution in [0.25, 0.3) is 0 Å². The molecule has 0 aromatic carbocycles. The van der Waals surface area contributed by atoms with Gasteiger partial charge < -0.3 is 19.7 Å². The van der Waals surface area contributed by atoms with Gasteiger partial charge in [0.2, 0.25) is 0 Å². The summed E-state index contributed by atoms with van der Waals surface area (Å²) < 4.78 is 6.60. The molecule has 0 saturated carbocycles. The highest BCUT2D eigenvalue weighted by Crippen LogP contribution is 2.05. The molecule has 2 N–H and O–H groups in total. The zero-order valence-corrected chi connectivity index (χ0v) is 10.5. The first kappa shape index (κ1) is 14.2. The van der Waals surface area contributed by atoms with Crippen molar-refractivity contribution >= 4 is 5.91 Å². The largest absolute Gasteiger partial charge is 0.389 e. The normalized spacial score (nSPS) is 11.9. The van der Waals surface area contributed by atoms with Gasteiger partial charge in [-0.2, -0.15) is 5.26 Å². The number of hydrogen-bond acceptors (Lipinski definition) is 4. The Morgan fingerprint density at radius 1 is 1.72 bits per heavy atom. The van der Waals surface area contributed by atoms with Crippen molar-refractivity contribution in [3.63, 3.8) is 0 Å². The lowest BCUT2D eigenvalue weighted by molar-refractivity contribution is 0.0417. The number of ether oxygens (including phenoxy) is 1. The van der Waals surface area contributed by atoms with Crippen LogP contribution in [0.3, 0.4) is 0 Å². The SMILES string of the molecule is CCOC[C@H](O)CNC(=O)c1cc(C#N)cn1C. The van der Waals surface area contributed by atoms with Gasteiger partial charge in [-0.15, -0.1) is 0 Å². The van der Waals surface area contributed by atoms with Crippen molar-refractivity contribution in [2.24, 2.45) is 7.05 Å². The number of amides is 1. The fraction of sp³-hybridized carbons (Fsp3) is 0.500. The number of aryl methyl sites for hydroxylation is 1. The lowest BCUT2D eigenvalue weighted by atomic mass is 10.3. The minimum atomic E-state index is -0.732. The molecule has 6 nitrogen and oxygen atoms in total. The average Bonchev–Trinajstić information content (AvgIpc) is 2.74. The van der Waals surface area contributed by atoms with Gasteiger partial charge in [-0.3, -0.25) is 4.79 Å². The van der Waals surface area contributed by atoms with E-state index in [1.165, 1.54) is 6.07 Å². The number of aromatic nitrogens is 1. The Morgan fingerprint density at radius 3 is 3.00 bits per heavy atom. The van der Waals surface area contributed by atoms with Crippen LogP contribution >= 0.6 is 0 Å². The summed E-state index contributed by atoms with van der Waals surface area (Å²) >= 11 is 0. The molecular formula is C12H17N3O3. The van der Waals surface area contributed by atoms with Gasteiger partial charge in [0.15, 0.2) is 0 Å². The van der Waals surface area contributed by atoms with Crippen molar-refractivity contribution in [2.45, 2.75) is 13.0 Å². The summed E-state index contributed by atoms with van der Waals surface area (Å²) in [7, 11) is 1.69. The van der Waals surface area contributed by atoms with E-state index < -0.39 is 6.10 Å². The van der Waals surface area contributed by atoms with Crippen molar-refractivity contribution in [3.05, 3.63) is 23.5 Å². The van der Waals surface area contributed by atoms with Gasteiger partial charge in [0, 0.05) is 26.4 Å². The van der Waals surface area contributed by atoms with E-state index in [1.54, 1.807) is 17.8 Å². The molecule has 1 rings (SSSR count). The van der Waals surface area contributed by atoms with Crippen LogP contribution in [0.2, 0.25) is 0 Å². The molecule has 0 fully saturated rings. The maximum absolute atomic E-state index is 11.8. The van der Waals surface area contributed by atoms with Crippen LogP contribution in [0.5, 0.6) is 0 Å². The van der Waals surface area contributed by atoms with E-state index in [-0.39, 0.29) is 19.1 Å². The second-order valence-electron chi connectivity index (χ2n) is 3.86. The van der Waals surface area contributed by atoms with Crippen molar-refractivity contribution in [1.29, 1.82) is 5.26 Å². The quantitative estimate of drug-likeness (QED) is 0.746. The predicted octanol–water partition coefficient (Wildman–Crippen LogP) is 0.0240. The van der Waals surface area contributed by atoms with E-state index >= 15 is 0 Å². The summed E-state index contributed by atoms with van der Waals surface area (Å²) in [5, 5.41) is 20.8. The van der Waals surface area contributed by atoms with Gasteiger partial charge in [0.05, 0.1) is 18.3 Å². The van der Waals surface area contributed by atoms with E-state index in [0.29, 0.717) is 17.9 Å². The first-order valence-electron chi connectivity index (χ1n) is 5.69. The number of hydrogen-bond donors (Lipinski definition) is 2. The maximum Gasteiger partial charge on any atom is 0.268 e. The third kappa shape index (κ3) is 3.87. The molecule has 0 aliphatic heterocycles. The molecule has 0 aliphatic rings. The molecule has 1 aromatic rings. The fourth-order valence-corrected chi connectivity index (χ4v) is 1.47. The standard InChI is InChI=1S/C12H17N3O3/c1-3-18-8-10(16)6-14-12(17)11-4-9(5-13)7-15(11)2/h4,7,10,16H,3,6,8H2,1-2H3,(H,14,17)/t10-/m1/s1. The molecule has 1 heterocycles. The Bertz CT molecular complexity index is 448. The average molecular weight is 251 g/mol. The number of carbonyl (C=O) groups is 1. The van der Waals surface area contributed by atoms with Gasteiger partial charge in [-0.25, -0.2) is 0 Å². The molecule has 0 unspecified atom stereocenters. The van der Waals surface area contributed by atoms with Crippen molar-refractivity contribution < 1.29 is 14.6 Å². The Kier molecular flexibility index (Phi) is 5.36. The molecule has 0 spiro atoms. The van der Waals surface area contributed by atoms with Crippen LogP contribution in [0.4, 0.5) is 0 Å². The second-order valence-corrected chi connectivity index (χ2v) is 3.86. The monoisotopic (exact) mass is 251 g/mol. The van der Waals surface area contributed by atoms with Crippen LogP contribution in [0.1, 0.15) is 23.0 Å². The van der Waals surface area contributed by atoms with Gasteiger partial charge in [0.1, 0.15) is 11.8 Å². The number of nitrogens with one attached hydrogen (secondary N) is 1. The third-order valence-electron chi connectivity index (χ3n) is 2.38. The molecular weight excluding hydrogens is 234 g/mol. The molecule has 0 bridgehead atoms. The number of nitriles is 1. The summed E-state index contributed by atoms with van der Waals surface area (Å²) in [6, 6.07) is 3.47. The number of rotatable bonds is 6. The molecule has 0 saturated heterocycles. The minimum Gasteiger partial charge on any atom is -0.389 e. The fourth-order valence-electron chi connectivity index (χ4n) is 1.47. The van der Waals surface area contributed by atoms with E-state index in [4.69, 9.17) is 10.00 Å². The van der Waals surface area contributed by atoms with Gasteiger partial charge in [-0.05, 0) is 13.0 Å². The highest BCUT2D eigenvalue weighted by molar-refractivity contribution is 5.93. The van der Waals surface area contributed by atoms with E-state index in [2.05, 4.69) is 5.32 Å². The molecule has 98 valence electrons. The topological polar surface area (TPSA) is 87.3 Å². The second kappa shape index (κ2) is 6.79. The zero-order valence-electron chi connectivity index (χ0n) is 10.5. The Hall–Kier alpha value is -1.84. The third-order valence-corrected chi connectivity index (χ3v) is 2.38. The number of aliphatic hydroxyl groups is 1. The number of nitrogens with zero attached hydrogens (tertiary/aromatic N) is 2. The molecule has 1 aromatic heterocycles. The lowest BCUT2D eigenvalue weighted by Crippen LogP contribution is -2.35. The van der Waals surface area contributed by atoms with Crippen molar-refractivity contribution in [3.8, 4) is 6.07 Å². The summed E-state index contributed by atoms with van der Waals surface area (Å²) in [5.41, 5.74) is 0.813. The summed E-state index contributed by atoms with van der Waals surface area (Å²) in [6.45, 7) is 2.66. The van der Waals surface area contributed by atoms with E-state index in [9.17, 15) is 9.90 Å². The summed E-state index contributed by atoms with van der Waals surface area (Å²) in [4.78, 5) is 11.8. The van der Waals surface area contributed by atoms with Crippen LogP contribution in [-0.4, -0.2) is 41.4 Å². The Labute approximate surface area is 106 Å². The number of aliphatic hydroxyl groups excluding tert-OH is 1. The highest BCUT2D eigenvalue weighted by Gasteiger charge is 2.13. The van der Waals surface area contributed by atoms with Gasteiger partial charge >= 0.3 is 0 Å². The smallest absolute Gasteiger partial charge is 0.268 e. The van der Waals surface area contributed by atoms with E-state index in [0.717, 1.165) is 0 Å². The molecule has 6 heteroatoms. The first-order valence-corrected chi connectivity index (χ1v) is 5.69. The first-order chi connectivity index (χ1) is 8.58. The highest BCUT2D eigenvalue weighted by atomic mass is 16.5. The Balaban J connectivity index is 2.50. The molecule has 18 heavy (non-hydrogen) atoms. The van der Waals surface area contributed by atoms with Crippen LogP contribution < -0.4 is 5.32 Å². The maximum atomic E-state index is 11.8. The molecule has 0 aliphatic carbocycles. The van der Waals surface area contributed by atoms with Crippen LogP contribution in [0, 0.1) is 11.3 Å². The van der Waals surface area contributed by atoms with E-state index in [1.807, 2.05) is 13.0 Å². The molecule has 1 atom stereocenters. The van der Waals surface area contributed by atoms with Crippen molar-refractivity contribution in [1.82, 2.24) is 9.88 Å². The van der Waals surface area contributed by atoms with Crippen LogP contribution in [-0.2, 0) is 11.8 Å². The van der Waals surface area contributed by atoms with Gasteiger partial charge in [-0.1, -0.05) is 0 Å². The zero-order chi connectivity index (χ0) is 13.5. The van der Waals surface area contributed by atoms with Gasteiger partial charge in [0.25, 0.3) is 5.91 Å². The Morgan fingerprint density at radius 2 is 2.44 bits per heavy atom. The summed E-state index contributed by atoms with van der Waals surface area (Å²) in [6.07, 6.45) is 0.843. The van der Waals surface area contributed by atoms with Crippen molar-refractivity contribution in [2.75, 3.05) is 19.8 Å². The predicted molar refractivity (Wildman–Crippen MR) is 65.0 cm³/mol. The number of carbonyl (C=O) groups excluding carboxylic acids is 1. The summed E-state index contributed by atoms with van der Waals surface area (Å²) in [5.74, 6) is -0.324. The minimum absolute atomic E-state index is 0.117. The van der Waals surface area contributed by atoms with Crippen LogP contribution in [0.15, 0.2) is 12.3 Å². The molecule has 0 radical (unpaired) electrons. The molecule has 1 amide bonds.